The smallest absolute Gasteiger partial charge is 0.263 e. The van der Waals surface area contributed by atoms with E-state index in [9.17, 15) is 4.79 Å². The van der Waals surface area contributed by atoms with E-state index in [0.717, 1.165) is 17.9 Å². The summed E-state index contributed by atoms with van der Waals surface area (Å²) < 4.78 is 11.3. The Kier molecular flexibility index (Phi) is 5.56. The van der Waals surface area contributed by atoms with Gasteiger partial charge < -0.3 is 19.7 Å². The highest BCUT2D eigenvalue weighted by atomic mass is 16.5. The van der Waals surface area contributed by atoms with Gasteiger partial charge in [-0.2, -0.15) is 0 Å². The van der Waals surface area contributed by atoms with E-state index in [2.05, 4.69) is 5.32 Å². The minimum Gasteiger partial charge on any atom is -0.496 e. The van der Waals surface area contributed by atoms with Crippen molar-refractivity contribution >= 4 is 5.91 Å². The normalized spacial score (nSPS) is 18.5. The van der Waals surface area contributed by atoms with Gasteiger partial charge >= 0.3 is 0 Å². The number of nitrogens with one attached hydrogen (secondary N) is 1. The maximum atomic E-state index is 13.0. The second-order valence-corrected chi connectivity index (χ2v) is 6.07. The largest absolute Gasteiger partial charge is 0.496 e. The molecule has 2 unspecified atom stereocenters. The zero-order valence-corrected chi connectivity index (χ0v) is 14.6. The van der Waals surface area contributed by atoms with Gasteiger partial charge in [-0.3, -0.25) is 4.79 Å². The van der Waals surface area contributed by atoms with Crippen LogP contribution in [0.2, 0.25) is 0 Å². The van der Waals surface area contributed by atoms with Crippen LogP contribution in [0.3, 0.4) is 0 Å². The molecule has 2 atom stereocenters. The van der Waals surface area contributed by atoms with E-state index in [1.54, 1.807) is 14.0 Å². The lowest BCUT2D eigenvalue weighted by molar-refractivity contribution is -0.141. The predicted octanol–water partition coefficient (Wildman–Crippen LogP) is 2.64. The van der Waals surface area contributed by atoms with E-state index in [1.807, 2.05) is 59.5 Å². The van der Waals surface area contributed by atoms with Gasteiger partial charge in [-0.1, -0.05) is 36.4 Å². The fraction of sp³-hybridized carbons (Fsp3) is 0.350. The van der Waals surface area contributed by atoms with Crippen LogP contribution < -0.4 is 14.8 Å². The maximum absolute atomic E-state index is 13.0. The van der Waals surface area contributed by atoms with Crippen molar-refractivity contribution < 1.29 is 14.3 Å². The van der Waals surface area contributed by atoms with Crippen LogP contribution >= 0.6 is 0 Å². The fourth-order valence-electron chi connectivity index (χ4n) is 3.17. The zero-order valence-electron chi connectivity index (χ0n) is 14.6. The van der Waals surface area contributed by atoms with Crippen LogP contribution in [-0.2, 0) is 4.79 Å². The molecule has 1 amide bonds. The molecule has 0 radical (unpaired) electrons. The molecular weight excluding hydrogens is 316 g/mol. The fourth-order valence-corrected chi connectivity index (χ4v) is 3.17. The Hall–Kier alpha value is -2.53. The van der Waals surface area contributed by atoms with Crippen LogP contribution in [0.5, 0.6) is 11.5 Å². The summed E-state index contributed by atoms with van der Waals surface area (Å²) in [7, 11) is 1.66. The first-order valence-electron chi connectivity index (χ1n) is 8.56. The Balaban J connectivity index is 1.79. The van der Waals surface area contributed by atoms with Gasteiger partial charge in [0.25, 0.3) is 5.91 Å². The summed E-state index contributed by atoms with van der Waals surface area (Å²) in [6, 6.07) is 17.2. The van der Waals surface area contributed by atoms with Gasteiger partial charge in [0.15, 0.2) is 6.10 Å². The molecule has 1 saturated heterocycles. The Morgan fingerprint density at radius 3 is 2.64 bits per heavy atom. The number of hydrogen-bond donors (Lipinski definition) is 1. The molecule has 1 fully saturated rings. The molecule has 1 heterocycles. The number of amides is 1. The van der Waals surface area contributed by atoms with Crippen LogP contribution in [0.25, 0.3) is 0 Å². The number of para-hydroxylation sites is 2. The van der Waals surface area contributed by atoms with Crippen molar-refractivity contribution in [2.75, 3.05) is 26.7 Å². The predicted molar refractivity (Wildman–Crippen MR) is 96.8 cm³/mol. The van der Waals surface area contributed by atoms with Crippen LogP contribution in [0, 0.1) is 0 Å². The topological polar surface area (TPSA) is 50.8 Å². The monoisotopic (exact) mass is 340 g/mol. The minimum absolute atomic E-state index is 0.0127. The Bertz CT molecular complexity index is 705. The number of piperazine rings is 1. The maximum Gasteiger partial charge on any atom is 0.263 e. The number of ether oxygens (including phenoxy) is 2. The first kappa shape index (κ1) is 17.3. The van der Waals surface area contributed by atoms with Crippen molar-refractivity contribution in [3.8, 4) is 11.5 Å². The van der Waals surface area contributed by atoms with E-state index < -0.39 is 6.10 Å². The molecule has 0 aliphatic carbocycles. The van der Waals surface area contributed by atoms with Crippen molar-refractivity contribution in [2.45, 2.75) is 19.1 Å². The molecule has 0 bridgehead atoms. The van der Waals surface area contributed by atoms with E-state index >= 15 is 0 Å². The van der Waals surface area contributed by atoms with Gasteiger partial charge in [0.2, 0.25) is 0 Å². The molecule has 0 saturated carbocycles. The Morgan fingerprint density at radius 1 is 1.16 bits per heavy atom. The van der Waals surface area contributed by atoms with Gasteiger partial charge in [-0.05, 0) is 25.1 Å². The molecule has 5 nitrogen and oxygen atoms in total. The molecule has 2 aromatic rings. The molecule has 1 aliphatic rings. The van der Waals surface area contributed by atoms with Gasteiger partial charge in [-0.25, -0.2) is 0 Å². The van der Waals surface area contributed by atoms with E-state index in [-0.39, 0.29) is 11.9 Å². The zero-order chi connectivity index (χ0) is 17.6. The van der Waals surface area contributed by atoms with Crippen molar-refractivity contribution in [2.24, 2.45) is 0 Å². The molecule has 0 spiro atoms. The highest BCUT2D eigenvalue weighted by Crippen LogP contribution is 2.30. The van der Waals surface area contributed by atoms with Crippen molar-refractivity contribution in [1.29, 1.82) is 0 Å². The third kappa shape index (κ3) is 3.94. The van der Waals surface area contributed by atoms with Gasteiger partial charge in [0.05, 0.1) is 13.2 Å². The molecule has 1 aliphatic heterocycles. The number of carbonyl (C=O) groups excluding carboxylic acids is 1. The summed E-state index contributed by atoms with van der Waals surface area (Å²) >= 11 is 0. The molecule has 0 aromatic heterocycles. The molecular formula is C20H24N2O3. The second-order valence-electron chi connectivity index (χ2n) is 6.07. The lowest BCUT2D eigenvalue weighted by Gasteiger charge is -2.38. The van der Waals surface area contributed by atoms with Crippen LogP contribution in [0.1, 0.15) is 18.5 Å². The van der Waals surface area contributed by atoms with Crippen LogP contribution in [0.4, 0.5) is 0 Å². The lowest BCUT2D eigenvalue weighted by Crippen LogP contribution is -2.52. The number of benzene rings is 2. The summed E-state index contributed by atoms with van der Waals surface area (Å²) in [5.41, 5.74) is 1.01. The van der Waals surface area contributed by atoms with Gasteiger partial charge in [0.1, 0.15) is 11.5 Å². The quantitative estimate of drug-likeness (QED) is 0.909. The molecule has 1 N–H and O–H groups in total. The highest BCUT2D eigenvalue weighted by molar-refractivity contribution is 5.81. The molecule has 25 heavy (non-hydrogen) atoms. The van der Waals surface area contributed by atoms with Crippen LogP contribution in [-0.4, -0.2) is 43.7 Å². The van der Waals surface area contributed by atoms with Crippen LogP contribution in [0.15, 0.2) is 54.6 Å². The average molecular weight is 340 g/mol. The molecule has 2 aromatic carbocycles. The van der Waals surface area contributed by atoms with E-state index in [0.29, 0.717) is 18.8 Å². The summed E-state index contributed by atoms with van der Waals surface area (Å²) in [6.45, 7) is 3.92. The molecule has 3 rings (SSSR count). The van der Waals surface area contributed by atoms with Gasteiger partial charge in [-0.15, -0.1) is 0 Å². The van der Waals surface area contributed by atoms with Crippen molar-refractivity contribution in [3.05, 3.63) is 60.2 Å². The standard InChI is InChI=1S/C20H24N2O3/c1-15(25-16-8-4-3-5-9-16)20(23)22-13-12-21-14-18(22)17-10-6-7-11-19(17)24-2/h3-11,15,18,21H,12-14H2,1-2H3. The summed E-state index contributed by atoms with van der Waals surface area (Å²) in [6.07, 6.45) is -0.544. The van der Waals surface area contributed by atoms with Gasteiger partial charge in [0, 0.05) is 25.2 Å². The lowest BCUT2D eigenvalue weighted by atomic mass is 10.0. The third-order valence-corrected chi connectivity index (χ3v) is 4.43. The first-order valence-corrected chi connectivity index (χ1v) is 8.56. The number of nitrogens with zero attached hydrogens (tertiary/aromatic N) is 1. The number of hydrogen-bond acceptors (Lipinski definition) is 4. The number of methoxy groups -OCH3 is 1. The number of rotatable bonds is 5. The number of carbonyl (C=O) groups is 1. The second kappa shape index (κ2) is 8.03. The van der Waals surface area contributed by atoms with Crippen molar-refractivity contribution in [3.63, 3.8) is 0 Å². The third-order valence-electron chi connectivity index (χ3n) is 4.43. The average Bonchev–Trinajstić information content (AvgIpc) is 2.68. The Labute approximate surface area is 148 Å². The van der Waals surface area contributed by atoms with Crippen molar-refractivity contribution in [1.82, 2.24) is 10.2 Å². The summed E-state index contributed by atoms with van der Waals surface area (Å²) in [5, 5.41) is 3.37. The summed E-state index contributed by atoms with van der Waals surface area (Å²) in [5.74, 6) is 1.49. The minimum atomic E-state index is -0.544. The summed E-state index contributed by atoms with van der Waals surface area (Å²) in [4.78, 5) is 14.9. The SMILES string of the molecule is COc1ccccc1C1CNCCN1C(=O)C(C)Oc1ccccc1. The first-order chi connectivity index (χ1) is 12.2. The molecule has 5 heteroatoms. The van der Waals surface area contributed by atoms with E-state index in [4.69, 9.17) is 9.47 Å². The Morgan fingerprint density at radius 2 is 1.88 bits per heavy atom. The highest BCUT2D eigenvalue weighted by Gasteiger charge is 2.32. The molecule has 132 valence electrons. The van der Waals surface area contributed by atoms with E-state index in [1.165, 1.54) is 0 Å².